The van der Waals surface area contributed by atoms with Gasteiger partial charge in [0.2, 0.25) is 0 Å². The Kier molecular flexibility index (Phi) is 4.08. The van der Waals surface area contributed by atoms with E-state index in [2.05, 4.69) is 0 Å². The van der Waals surface area contributed by atoms with Crippen LogP contribution in [0.3, 0.4) is 0 Å². The van der Waals surface area contributed by atoms with E-state index in [-0.39, 0.29) is 17.9 Å². The molecule has 0 amide bonds. The van der Waals surface area contributed by atoms with Gasteiger partial charge in [0.25, 0.3) is 0 Å². The van der Waals surface area contributed by atoms with Crippen molar-refractivity contribution in [1.82, 2.24) is 4.57 Å². The van der Waals surface area contributed by atoms with E-state index in [0.717, 1.165) is 5.69 Å². The molecule has 0 radical (unpaired) electrons. The summed E-state index contributed by atoms with van der Waals surface area (Å²) in [6.07, 6.45) is 0. The van der Waals surface area contributed by atoms with Crippen molar-refractivity contribution >= 4 is 16.9 Å². The molecule has 0 spiro atoms. The van der Waals surface area contributed by atoms with Gasteiger partial charge in [-0.3, -0.25) is 9.59 Å². The summed E-state index contributed by atoms with van der Waals surface area (Å²) in [4.78, 5) is 23.7. The number of rotatable bonds is 4. The van der Waals surface area contributed by atoms with Crippen LogP contribution in [0.4, 0.5) is 0 Å². The Balaban J connectivity index is 2.59. The number of aryl methyl sites for hydroxylation is 1. The molecule has 0 fully saturated rings. The maximum absolute atomic E-state index is 12.0. The number of esters is 1. The number of fused-ring (bicyclic) bond motifs is 1. The van der Waals surface area contributed by atoms with Gasteiger partial charge in [0.05, 0.1) is 19.2 Å². The van der Waals surface area contributed by atoms with Crippen molar-refractivity contribution < 1.29 is 14.3 Å². The Bertz CT molecular complexity index is 703. The number of pyridine rings is 1. The number of benzene rings is 1. The average molecular weight is 275 g/mol. The van der Waals surface area contributed by atoms with Gasteiger partial charge in [-0.2, -0.15) is 0 Å². The molecule has 0 saturated carbocycles. The largest absolute Gasteiger partial charge is 0.497 e. The molecule has 1 heterocycles. The van der Waals surface area contributed by atoms with Crippen LogP contribution in [0.1, 0.15) is 12.6 Å². The van der Waals surface area contributed by atoms with Gasteiger partial charge in [-0.15, -0.1) is 0 Å². The Morgan fingerprint density at radius 3 is 2.70 bits per heavy atom. The Morgan fingerprint density at radius 1 is 1.30 bits per heavy atom. The van der Waals surface area contributed by atoms with Crippen molar-refractivity contribution in [1.29, 1.82) is 0 Å². The molecule has 106 valence electrons. The van der Waals surface area contributed by atoms with Gasteiger partial charge < -0.3 is 14.0 Å². The van der Waals surface area contributed by atoms with E-state index in [1.54, 1.807) is 43.7 Å². The van der Waals surface area contributed by atoms with Gasteiger partial charge in [-0.05, 0) is 32.0 Å². The van der Waals surface area contributed by atoms with E-state index in [0.29, 0.717) is 23.3 Å². The summed E-state index contributed by atoms with van der Waals surface area (Å²) < 4.78 is 11.9. The highest BCUT2D eigenvalue weighted by molar-refractivity contribution is 5.82. The third-order valence-electron chi connectivity index (χ3n) is 3.12. The summed E-state index contributed by atoms with van der Waals surface area (Å²) >= 11 is 0. The molecule has 0 aliphatic carbocycles. The Morgan fingerprint density at radius 2 is 2.05 bits per heavy atom. The maximum atomic E-state index is 12.0. The molecule has 2 aromatic rings. The topological polar surface area (TPSA) is 57.5 Å². The highest BCUT2D eigenvalue weighted by atomic mass is 16.5. The summed E-state index contributed by atoms with van der Waals surface area (Å²) in [5.74, 6) is 0.289. The zero-order valence-corrected chi connectivity index (χ0v) is 11.8. The van der Waals surface area contributed by atoms with E-state index in [4.69, 9.17) is 9.47 Å². The second-order valence-corrected chi connectivity index (χ2v) is 4.42. The molecule has 0 aliphatic rings. The van der Waals surface area contributed by atoms with Gasteiger partial charge in [-0.25, -0.2) is 0 Å². The summed E-state index contributed by atoms with van der Waals surface area (Å²) in [5, 5.41) is 0.527. The number of aromatic nitrogens is 1. The van der Waals surface area contributed by atoms with Gasteiger partial charge in [0.15, 0.2) is 5.43 Å². The zero-order chi connectivity index (χ0) is 14.7. The lowest BCUT2D eigenvalue weighted by Gasteiger charge is -2.14. The molecule has 2 rings (SSSR count). The van der Waals surface area contributed by atoms with Gasteiger partial charge >= 0.3 is 5.97 Å². The molecule has 0 saturated heterocycles. The van der Waals surface area contributed by atoms with Crippen LogP contribution in [0.5, 0.6) is 5.75 Å². The van der Waals surface area contributed by atoms with Crippen molar-refractivity contribution in [3.05, 3.63) is 40.2 Å². The Hall–Kier alpha value is -2.30. The van der Waals surface area contributed by atoms with Crippen molar-refractivity contribution in [3.63, 3.8) is 0 Å². The first-order valence-electron chi connectivity index (χ1n) is 6.40. The monoisotopic (exact) mass is 275 g/mol. The number of ether oxygens (including phenoxy) is 2. The van der Waals surface area contributed by atoms with Gasteiger partial charge in [0, 0.05) is 17.1 Å². The molecule has 1 aromatic carbocycles. The molecule has 5 nitrogen and oxygen atoms in total. The van der Waals surface area contributed by atoms with Crippen LogP contribution in [0.25, 0.3) is 10.9 Å². The standard InChI is InChI=1S/C15H17NO4/c1-4-20-15(18)9-16-10(2)7-14(17)12-8-11(19-3)5-6-13(12)16/h5-8H,4,9H2,1-3H3. The molecular weight excluding hydrogens is 258 g/mol. The van der Waals surface area contributed by atoms with Gasteiger partial charge in [-0.1, -0.05) is 0 Å². The van der Waals surface area contributed by atoms with E-state index in [1.165, 1.54) is 6.07 Å². The number of hydrogen-bond donors (Lipinski definition) is 0. The molecule has 0 atom stereocenters. The first-order chi connectivity index (χ1) is 9.56. The average Bonchev–Trinajstić information content (AvgIpc) is 2.43. The zero-order valence-electron chi connectivity index (χ0n) is 11.8. The summed E-state index contributed by atoms with van der Waals surface area (Å²) in [7, 11) is 1.55. The quantitative estimate of drug-likeness (QED) is 0.799. The number of methoxy groups -OCH3 is 1. The van der Waals surface area contributed by atoms with Crippen LogP contribution >= 0.6 is 0 Å². The third kappa shape index (κ3) is 2.66. The lowest BCUT2D eigenvalue weighted by atomic mass is 10.1. The van der Waals surface area contributed by atoms with E-state index < -0.39 is 0 Å². The highest BCUT2D eigenvalue weighted by Crippen LogP contribution is 2.19. The fraction of sp³-hybridized carbons (Fsp3) is 0.333. The van der Waals surface area contributed by atoms with E-state index in [1.807, 2.05) is 0 Å². The number of carbonyl (C=O) groups is 1. The molecular formula is C15H17NO4. The summed E-state index contributed by atoms with van der Waals surface area (Å²) in [6.45, 7) is 3.98. The van der Waals surface area contributed by atoms with Crippen LogP contribution in [-0.2, 0) is 16.1 Å². The summed E-state index contributed by atoms with van der Waals surface area (Å²) in [6, 6.07) is 6.74. The molecule has 20 heavy (non-hydrogen) atoms. The highest BCUT2D eigenvalue weighted by Gasteiger charge is 2.11. The van der Waals surface area contributed by atoms with Crippen LogP contribution in [0, 0.1) is 6.92 Å². The van der Waals surface area contributed by atoms with Crippen molar-refractivity contribution in [2.75, 3.05) is 13.7 Å². The fourth-order valence-corrected chi connectivity index (χ4v) is 2.16. The van der Waals surface area contributed by atoms with Crippen LogP contribution in [0.2, 0.25) is 0 Å². The maximum Gasteiger partial charge on any atom is 0.325 e. The number of nitrogens with zero attached hydrogens (tertiary/aromatic N) is 1. The van der Waals surface area contributed by atoms with Crippen molar-refractivity contribution in [2.45, 2.75) is 20.4 Å². The molecule has 0 bridgehead atoms. The van der Waals surface area contributed by atoms with Gasteiger partial charge in [0.1, 0.15) is 12.3 Å². The minimum Gasteiger partial charge on any atom is -0.497 e. The first kappa shape index (κ1) is 14.1. The second-order valence-electron chi connectivity index (χ2n) is 4.42. The van der Waals surface area contributed by atoms with E-state index >= 15 is 0 Å². The lowest BCUT2D eigenvalue weighted by molar-refractivity contribution is -0.143. The predicted octanol–water partition coefficient (Wildman–Crippen LogP) is 1.88. The lowest BCUT2D eigenvalue weighted by Crippen LogP contribution is -2.19. The smallest absolute Gasteiger partial charge is 0.325 e. The summed E-state index contributed by atoms with van der Waals surface area (Å²) in [5.41, 5.74) is 1.33. The van der Waals surface area contributed by atoms with E-state index in [9.17, 15) is 9.59 Å². The fourth-order valence-electron chi connectivity index (χ4n) is 2.16. The Labute approximate surface area is 116 Å². The minimum absolute atomic E-state index is 0.0861. The van der Waals surface area contributed by atoms with Crippen molar-refractivity contribution in [3.8, 4) is 5.75 Å². The SMILES string of the molecule is CCOC(=O)Cn1c(C)cc(=O)c2cc(OC)ccc21. The normalized spacial score (nSPS) is 10.6. The van der Waals surface area contributed by atoms with Crippen molar-refractivity contribution in [2.24, 2.45) is 0 Å². The molecule has 0 unspecified atom stereocenters. The molecule has 0 aliphatic heterocycles. The minimum atomic E-state index is -0.323. The number of carbonyl (C=O) groups excluding carboxylic acids is 1. The third-order valence-corrected chi connectivity index (χ3v) is 3.12. The second kappa shape index (κ2) is 5.77. The van der Waals surface area contributed by atoms with Crippen LogP contribution in [0.15, 0.2) is 29.1 Å². The van der Waals surface area contributed by atoms with Crippen LogP contribution < -0.4 is 10.2 Å². The first-order valence-corrected chi connectivity index (χ1v) is 6.40. The predicted molar refractivity (Wildman–Crippen MR) is 76.1 cm³/mol. The van der Waals surface area contributed by atoms with Crippen LogP contribution in [-0.4, -0.2) is 24.3 Å². The molecule has 1 aromatic heterocycles. The molecule has 0 N–H and O–H groups in total. The number of hydrogen-bond acceptors (Lipinski definition) is 4. The molecule has 5 heteroatoms.